The number of ether oxygens (including phenoxy) is 1. The first-order valence-electron chi connectivity index (χ1n) is 7.28. The van der Waals surface area contributed by atoms with Gasteiger partial charge in [0.2, 0.25) is 0 Å². The normalized spacial score (nSPS) is 18.9. The lowest BCUT2D eigenvalue weighted by Gasteiger charge is -2.31. The minimum Gasteiger partial charge on any atom is -0.493 e. The fourth-order valence-electron chi connectivity index (χ4n) is 2.98. The van der Waals surface area contributed by atoms with Crippen molar-refractivity contribution in [3.05, 3.63) is 65.7 Å². The van der Waals surface area contributed by atoms with Crippen LogP contribution in [0.15, 0.2) is 54.6 Å². The molecule has 0 spiro atoms. The van der Waals surface area contributed by atoms with Gasteiger partial charge in [-0.3, -0.25) is 0 Å². The number of likely N-dealkylation sites (N-methyl/N-ethyl adjacent to an activating group) is 1. The molecule has 0 bridgehead atoms. The van der Waals surface area contributed by atoms with Crippen molar-refractivity contribution in [3.8, 4) is 5.75 Å². The van der Waals surface area contributed by atoms with Crippen LogP contribution in [0.2, 0.25) is 0 Å². The van der Waals surface area contributed by atoms with Crippen LogP contribution in [0.25, 0.3) is 0 Å². The Morgan fingerprint density at radius 3 is 2.65 bits per heavy atom. The highest BCUT2D eigenvalue weighted by Crippen LogP contribution is 2.29. The van der Waals surface area contributed by atoms with Gasteiger partial charge in [-0.05, 0) is 37.1 Å². The Hall–Kier alpha value is -1.80. The fraction of sp³-hybridized carbons (Fsp3) is 0.333. The molecule has 0 aliphatic carbocycles. The van der Waals surface area contributed by atoms with Gasteiger partial charge in [-0.25, -0.2) is 0 Å². The number of hydrogen-bond acceptors (Lipinski definition) is 2. The molecule has 1 aliphatic heterocycles. The van der Waals surface area contributed by atoms with Gasteiger partial charge >= 0.3 is 0 Å². The first-order valence-corrected chi connectivity index (χ1v) is 7.28. The smallest absolute Gasteiger partial charge is 0.122 e. The second kappa shape index (κ2) is 6.10. The van der Waals surface area contributed by atoms with Gasteiger partial charge in [0.25, 0.3) is 0 Å². The number of benzene rings is 2. The lowest BCUT2D eigenvalue weighted by Crippen LogP contribution is -2.41. The lowest BCUT2D eigenvalue weighted by molar-refractivity contribution is 0.187. The summed E-state index contributed by atoms with van der Waals surface area (Å²) >= 11 is 0. The summed E-state index contributed by atoms with van der Waals surface area (Å²) in [5.74, 6) is 1.58. The van der Waals surface area contributed by atoms with Gasteiger partial charge in [0.05, 0.1) is 6.61 Å². The Balaban J connectivity index is 1.72. The summed E-state index contributed by atoms with van der Waals surface area (Å²) in [7, 11) is 2.05. The van der Waals surface area contributed by atoms with Crippen LogP contribution in [-0.2, 0) is 12.8 Å². The Morgan fingerprint density at radius 2 is 1.85 bits per heavy atom. The van der Waals surface area contributed by atoms with Crippen LogP contribution in [0.4, 0.5) is 0 Å². The average molecular weight is 267 g/mol. The summed E-state index contributed by atoms with van der Waals surface area (Å²) in [5, 5.41) is 3.47. The Labute approximate surface area is 120 Å². The quantitative estimate of drug-likeness (QED) is 0.919. The number of fused-ring (bicyclic) bond motifs is 1. The molecule has 2 heteroatoms. The minimum absolute atomic E-state index is 0.450. The Morgan fingerprint density at radius 1 is 1.10 bits per heavy atom. The van der Waals surface area contributed by atoms with E-state index in [0.29, 0.717) is 12.0 Å². The Bertz CT molecular complexity index is 552. The van der Waals surface area contributed by atoms with E-state index in [2.05, 4.69) is 53.8 Å². The average Bonchev–Trinajstić information content (AvgIpc) is 2.53. The van der Waals surface area contributed by atoms with E-state index in [1.54, 1.807) is 0 Å². The molecule has 2 aromatic rings. The van der Waals surface area contributed by atoms with Crippen molar-refractivity contribution in [2.24, 2.45) is 5.92 Å². The van der Waals surface area contributed by atoms with Crippen molar-refractivity contribution in [2.45, 2.75) is 18.9 Å². The van der Waals surface area contributed by atoms with Crippen LogP contribution in [0.5, 0.6) is 5.75 Å². The summed E-state index contributed by atoms with van der Waals surface area (Å²) in [6.45, 7) is 0.801. The highest BCUT2D eigenvalue weighted by molar-refractivity contribution is 5.35. The first-order chi connectivity index (χ1) is 9.86. The van der Waals surface area contributed by atoms with Crippen LogP contribution >= 0.6 is 0 Å². The molecule has 1 N–H and O–H groups in total. The molecular formula is C18H21NO. The molecule has 0 radical (unpaired) electrons. The van der Waals surface area contributed by atoms with E-state index < -0.39 is 0 Å². The number of hydrogen-bond donors (Lipinski definition) is 1. The largest absolute Gasteiger partial charge is 0.493 e. The predicted molar refractivity (Wildman–Crippen MR) is 82.1 cm³/mol. The second-order valence-corrected chi connectivity index (χ2v) is 5.47. The molecule has 0 saturated heterocycles. The molecule has 2 nitrogen and oxygen atoms in total. The molecule has 2 aromatic carbocycles. The summed E-state index contributed by atoms with van der Waals surface area (Å²) in [5.41, 5.74) is 2.71. The lowest BCUT2D eigenvalue weighted by atomic mass is 9.87. The van der Waals surface area contributed by atoms with E-state index in [4.69, 9.17) is 4.74 Å². The monoisotopic (exact) mass is 267 g/mol. The molecule has 104 valence electrons. The summed E-state index contributed by atoms with van der Waals surface area (Å²) in [6.07, 6.45) is 2.14. The highest BCUT2D eigenvalue weighted by Gasteiger charge is 2.26. The van der Waals surface area contributed by atoms with Crippen molar-refractivity contribution in [3.63, 3.8) is 0 Å². The molecule has 1 heterocycles. The van der Waals surface area contributed by atoms with Crippen LogP contribution in [0.1, 0.15) is 11.1 Å². The zero-order valence-electron chi connectivity index (χ0n) is 11.9. The number of rotatable bonds is 4. The zero-order chi connectivity index (χ0) is 13.8. The van der Waals surface area contributed by atoms with Gasteiger partial charge in [0.1, 0.15) is 5.75 Å². The second-order valence-electron chi connectivity index (χ2n) is 5.47. The van der Waals surface area contributed by atoms with Gasteiger partial charge in [0, 0.05) is 12.0 Å². The summed E-state index contributed by atoms with van der Waals surface area (Å²) in [6, 6.07) is 19.5. The van der Waals surface area contributed by atoms with Gasteiger partial charge in [-0.2, -0.15) is 0 Å². The first kappa shape index (κ1) is 13.2. The van der Waals surface area contributed by atoms with Crippen LogP contribution in [0.3, 0.4) is 0 Å². The molecule has 3 rings (SSSR count). The Kier molecular flexibility index (Phi) is 4.03. The molecular weight excluding hydrogens is 246 g/mol. The minimum atomic E-state index is 0.450. The molecule has 1 aliphatic rings. The summed E-state index contributed by atoms with van der Waals surface area (Å²) < 4.78 is 5.92. The molecule has 0 fully saturated rings. The molecule has 20 heavy (non-hydrogen) atoms. The SMILES string of the molecule is CNC(Cc1ccccc1)C1COc2ccccc2C1. The standard InChI is InChI=1S/C18H21NO/c1-19-17(11-14-7-3-2-4-8-14)16-12-15-9-5-6-10-18(15)20-13-16/h2-10,16-17,19H,11-13H2,1H3. The van der Waals surface area contributed by atoms with Crippen molar-refractivity contribution in [1.29, 1.82) is 0 Å². The molecule has 2 atom stereocenters. The molecule has 0 aromatic heterocycles. The van der Waals surface area contributed by atoms with Gasteiger partial charge in [-0.15, -0.1) is 0 Å². The van der Waals surface area contributed by atoms with Gasteiger partial charge in [0.15, 0.2) is 0 Å². The maximum Gasteiger partial charge on any atom is 0.122 e. The van der Waals surface area contributed by atoms with E-state index in [1.165, 1.54) is 11.1 Å². The van der Waals surface area contributed by atoms with E-state index in [1.807, 2.05) is 13.1 Å². The maximum absolute atomic E-state index is 5.92. The summed E-state index contributed by atoms with van der Waals surface area (Å²) in [4.78, 5) is 0. The predicted octanol–water partition coefficient (Wildman–Crippen LogP) is 3.07. The van der Waals surface area contributed by atoms with Crippen molar-refractivity contribution in [1.82, 2.24) is 5.32 Å². The number of nitrogens with one attached hydrogen (secondary N) is 1. The van der Waals surface area contributed by atoms with Crippen molar-refractivity contribution >= 4 is 0 Å². The number of para-hydroxylation sites is 1. The van der Waals surface area contributed by atoms with E-state index in [0.717, 1.165) is 25.2 Å². The topological polar surface area (TPSA) is 21.3 Å². The molecule has 0 amide bonds. The van der Waals surface area contributed by atoms with Crippen LogP contribution in [0, 0.1) is 5.92 Å². The zero-order valence-corrected chi connectivity index (χ0v) is 11.9. The fourth-order valence-corrected chi connectivity index (χ4v) is 2.98. The van der Waals surface area contributed by atoms with Crippen LogP contribution < -0.4 is 10.1 Å². The highest BCUT2D eigenvalue weighted by atomic mass is 16.5. The van der Waals surface area contributed by atoms with Crippen molar-refractivity contribution in [2.75, 3.05) is 13.7 Å². The van der Waals surface area contributed by atoms with E-state index in [9.17, 15) is 0 Å². The molecule has 0 saturated carbocycles. The van der Waals surface area contributed by atoms with E-state index in [-0.39, 0.29) is 0 Å². The van der Waals surface area contributed by atoms with Gasteiger partial charge in [-0.1, -0.05) is 48.5 Å². The third-order valence-corrected chi connectivity index (χ3v) is 4.15. The molecule has 2 unspecified atom stereocenters. The van der Waals surface area contributed by atoms with E-state index >= 15 is 0 Å². The van der Waals surface area contributed by atoms with Crippen LogP contribution in [-0.4, -0.2) is 19.7 Å². The van der Waals surface area contributed by atoms with Gasteiger partial charge < -0.3 is 10.1 Å². The van der Waals surface area contributed by atoms with Crippen molar-refractivity contribution < 1.29 is 4.74 Å². The third-order valence-electron chi connectivity index (χ3n) is 4.15. The maximum atomic E-state index is 5.92. The third kappa shape index (κ3) is 2.86.